The van der Waals surface area contributed by atoms with Gasteiger partial charge >= 0.3 is 11.8 Å². The summed E-state index contributed by atoms with van der Waals surface area (Å²) in [6.07, 6.45) is -0.966. The number of amides is 2. The van der Waals surface area contributed by atoms with Gasteiger partial charge in [-0.1, -0.05) is 194 Å². The lowest BCUT2D eigenvalue weighted by molar-refractivity contribution is -0.149. The first-order valence-corrected chi connectivity index (χ1v) is 31.9. The Bertz CT molecular complexity index is 3230. The van der Waals surface area contributed by atoms with Crippen LogP contribution in [0.25, 0.3) is 44.5 Å². The molecule has 4 aliphatic heterocycles. The van der Waals surface area contributed by atoms with Crippen molar-refractivity contribution in [2.45, 2.75) is 24.6 Å². The number of carbonyl (C=O) groups excluding carboxylic acids is 2. The minimum absolute atomic E-state index is 0.127. The molecule has 0 N–H and O–H groups in total. The van der Waals surface area contributed by atoms with Gasteiger partial charge in [0.05, 0.1) is 25.1 Å². The molecule has 4 unspecified atom stereocenters. The van der Waals surface area contributed by atoms with Gasteiger partial charge < -0.3 is 28.1 Å². The van der Waals surface area contributed by atoms with E-state index in [1.807, 2.05) is 194 Å². The Morgan fingerprint density at radius 3 is 0.700 bits per heavy atom. The maximum Gasteiger partial charge on any atom is 0.312 e. The van der Waals surface area contributed by atoms with E-state index in [9.17, 15) is 0 Å². The fourth-order valence-electron chi connectivity index (χ4n) is 11.6. The van der Waals surface area contributed by atoms with Crippen LogP contribution in [0.4, 0.5) is 0 Å². The van der Waals surface area contributed by atoms with E-state index in [4.69, 9.17) is 0 Å². The summed E-state index contributed by atoms with van der Waals surface area (Å²) in [7, 11) is -14.5. The molecule has 0 saturated heterocycles. The number of rotatable bonds is 8. The van der Waals surface area contributed by atoms with Crippen LogP contribution in [0, 0.1) is 0 Å². The van der Waals surface area contributed by atoms with Crippen LogP contribution in [0.3, 0.4) is 0 Å². The maximum absolute atomic E-state index is 16.1. The van der Waals surface area contributed by atoms with Crippen molar-refractivity contribution in [3.8, 4) is 44.5 Å². The van der Waals surface area contributed by atoms with Crippen LogP contribution in [-0.2, 0) is 52.5 Å². The third-order valence-corrected chi connectivity index (χ3v) is 26.3. The summed E-state index contributed by atoms with van der Waals surface area (Å²) in [6, 6.07) is 61.3. The third kappa shape index (κ3) is 7.51. The number of nitrogens with zero attached hydrogens (tertiary/aromatic N) is 2. The van der Waals surface area contributed by atoms with Crippen molar-refractivity contribution in [3.63, 3.8) is 0 Å². The minimum atomic E-state index is -3.62. The van der Waals surface area contributed by atoms with E-state index in [0.717, 1.165) is 66.8 Å². The van der Waals surface area contributed by atoms with Crippen LogP contribution >= 0.6 is 28.6 Å². The highest BCUT2D eigenvalue weighted by atomic mass is 31.2. The van der Waals surface area contributed by atoms with Gasteiger partial charge in [0.15, 0.2) is 0 Å². The molecule has 8 aromatic rings. The molecule has 4 aliphatic rings. The van der Waals surface area contributed by atoms with Gasteiger partial charge in [-0.2, -0.15) is 0 Å². The fraction of sp³-hybridized carbons (Fsp3) is 0.138. The number of fused-ring (bicyclic) bond motifs is 12. The lowest BCUT2D eigenvalue weighted by atomic mass is 10.0. The van der Waals surface area contributed by atoms with E-state index in [-0.39, 0.29) is 49.8 Å². The average Bonchev–Trinajstić information content (AvgIpc) is 3.38. The number of benzene rings is 8. The molecule has 0 saturated carbocycles. The van der Waals surface area contributed by atoms with Crippen molar-refractivity contribution in [2.75, 3.05) is 25.1 Å². The predicted octanol–water partition coefficient (Wildman–Crippen LogP) is 12.0. The number of hydrogen-bond acceptors (Lipinski definition) is 6. The fourth-order valence-corrected chi connectivity index (χ4v) is 24.0. The topological polar surface area (TPSA) is 109 Å². The van der Waals surface area contributed by atoms with Crippen molar-refractivity contribution >= 4 is 61.6 Å². The van der Waals surface area contributed by atoms with E-state index in [0.29, 0.717) is 21.2 Å². The lowest BCUT2D eigenvalue weighted by Gasteiger charge is -2.38. The van der Waals surface area contributed by atoms with Gasteiger partial charge in [-0.15, -0.1) is 0 Å². The zero-order valence-corrected chi connectivity index (χ0v) is 41.8. The summed E-state index contributed by atoms with van der Waals surface area (Å²) >= 11 is 0. The van der Waals surface area contributed by atoms with Gasteiger partial charge in [-0.3, -0.25) is 9.59 Å². The summed E-state index contributed by atoms with van der Waals surface area (Å²) in [5.74, 6) is -2.04. The molecule has 8 aromatic carbocycles. The van der Waals surface area contributed by atoms with Crippen LogP contribution in [-0.4, -0.2) is 46.8 Å². The molecule has 0 bridgehead atoms. The molecule has 0 fully saturated rings. The molecule has 0 radical (unpaired) electrons. The normalized spacial score (nSPS) is 22.0. The highest BCUT2D eigenvalue weighted by molar-refractivity contribution is 7.73. The van der Waals surface area contributed by atoms with Gasteiger partial charge in [-0.05, 0) is 66.8 Å². The minimum Gasteiger partial charge on any atom is -0.319 e. The first-order chi connectivity index (χ1) is 33.9. The Morgan fingerprint density at radius 1 is 0.286 bits per heavy atom. The van der Waals surface area contributed by atoms with Gasteiger partial charge in [0.2, 0.25) is 0 Å². The highest BCUT2D eigenvalue weighted by Crippen LogP contribution is 2.61. The van der Waals surface area contributed by atoms with Crippen molar-refractivity contribution in [2.24, 2.45) is 0 Å². The number of carbonyl (C=O) groups is 2. The summed E-state index contributed by atoms with van der Waals surface area (Å²) in [6.45, 7) is 0. The van der Waals surface area contributed by atoms with E-state index >= 15 is 27.8 Å². The Kier molecular flexibility index (Phi) is 11.0. The summed E-state index contributed by atoms with van der Waals surface area (Å²) < 4.78 is 64.2. The molecular weight excluding hydrogens is 945 g/mol. The van der Waals surface area contributed by atoms with Crippen LogP contribution in [0.2, 0.25) is 0 Å². The first-order valence-electron chi connectivity index (χ1n) is 23.6. The molecule has 346 valence electrons. The first kappa shape index (κ1) is 44.8. The highest BCUT2D eigenvalue weighted by Gasteiger charge is 2.47. The molecule has 4 atom stereocenters. The molecule has 12 heteroatoms. The summed E-state index contributed by atoms with van der Waals surface area (Å²) in [5, 5.41) is 2.36. The molecule has 0 spiro atoms. The van der Waals surface area contributed by atoms with Crippen molar-refractivity contribution in [3.05, 3.63) is 216 Å². The maximum atomic E-state index is 16.1. The molecule has 8 nitrogen and oxygen atoms in total. The smallest absolute Gasteiger partial charge is 0.312 e. The van der Waals surface area contributed by atoms with Crippen LogP contribution in [0.15, 0.2) is 194 Å². The zero-order valence-electron chi connectivity index (χ0n) is 38.3. The Labute approximate surface area is 407 Å². The standard InChI is InChI=1S/C58H48N2O6P4/c61-57(59(37-67(63)33-41-17-1-5-21-45(41)49-25-9-13-29-53(49)67)38-68(64)34-42-18-2-6-22-46(42)50-26-10-14-30-54(50)68)58(62)60(39-69(65)35-43-19-3-7-23-47(43)51-27-11-15-31-55(51)69)40-70(66)36-44-20-4-8-24-48(44)52-28-12-16-32-56(52)70/h1-32H,33-40H2. The number of hydrogen-bond donors (Lipinski definition) is 0. The van der Waals surface area contributed by atoms with E-state index in [2.05, 4.69) is 0 Å². The van der Waals surface area contributed by atoms with Crippen LogP contribution in [0.5, 0.6) is 0 Å². The van der Waals surface area contributed by atoms with Crippen LogP contribution < -0.4 is 21.2 Å². The zero-order chi connectivity index (χ0) is 47.8. The van der Waals surface area contributed by atoms with Crippen molar-refractivity contribution in [1.29, 1.82) is 0 Å². The lowest BCUT2D eigenvalue weighted by Crippen LogP contribution is -2.48. The Balaban J connectivity index is 0.998. The van der Waals surface area contributed by atoms with E-state index < -0.39 is 40.4 Å². The van der Waals surface area contributed by atoms with Gasteiger partial charge in [-0.25, -0.2) is 0 Å². The average molecular weight is 993 g/mol. The monoisotopic (exact) mass is 992 g/mol. The second kappa shape index (κ2) is 17.2. The Hall–Kier alpha value is -6.38. The molecule has 0 aliphatic carbocycles. The predicted molar refractivity (Wildman–Crippen MR) is 284 cm³/mol. The molecule has 12 rings (SSSR count). The van der Waals surface area contributed by atoms with Gasteiger partial charge in [0.1, 0.15) is 28.6 Å². The largest absolute Gasteiger partial charge is 0.319 e. The molecule has 0 aromatic heterocycles. The molecule has 4 heterocycles. The quantitative estimate of drug-likeness (QED) is 0.111. The summed E-state index contributed by atoms with van der Waals surface area (Å²) in [4.78, 5) is 34.4. The SMILES string of the molecule is O=C(C(=O)N(CP1(=O)Cc2ccccc2-c2ccccc21)CP1(=O)Cc2ccccc2-c2ccccc21)N(CP1(=O)Cc2ccccc2-c2ccccc21)CP1(=O)Cc2ccccc2-c2ccccc21. The third-order valence-electron chi connectivity index (χ3n) is 14.7. The Morgan fingerprint density at radius 2 is 0.471 bits per heavy atom. The van der Waals surface area contributed by atoms with E-state index in [1.54, 1.807) is 0 Å². The van der Waals surface area contributed by atoms with Crippen molar-refractivity contribution < 1.29 is 27.8 Å². The van der Waals surface area contributed by atoms with Gasteiger partial charge in [0, 0.05) is 45.9 Å². The second-order valence-electron chi connectivity index (χ2n) is 19.1. The molecule has 70 heavy (non-hydrogen) atoms. The van der Waals surface area contributed by atoms with Crippen LogP contribution in [0.1, 0.15) is 22.3 Å². The van der Waals surface area contributed by atoms with Gasteiger partial charge in [0.25, 0.3) is 0 Å². The summed E-state index contributed by atoms with van der Waals surface area (Å²) in [5.41, 5.74) is 10.4. The molecule has 2 amide bonds. The van der Waals surface area contributed by atoms with Crippen molar-refractivity contribution in [1.82, 2.24) is 9.80 Å². The molecular formula is C58H48N2O6P4. The van der Waals surface area contributed by atoms with E-state index in [1.165, 1.54) is 9.80 Å². The second-order valence-corrected chi connectivity index (χ2v) is 30.6.